The van der Waals surface area contributed by atoms with Gasteiger partial charge >= 0.3 is 0 Å². The standard InChI is InChI=1S/C17H14ClN3O2/c1-23-16-6-11-9-19-17(20-13(11)8-15(16)22)21-5-4-10-2-3-12(18)7-14(10)21/h2-3,6-9,22H,4-5H2,1H3. The maximum Gasteiger partial charge on any atom is 0.230 e. The van der Waals surface area contributed by atoms with Gasteiger partial charge in [0.1, 0.15) is 0 Å². The van der Waals surface area contributed by atoms with E-state index in [9.17, 15) is 5.11 Å². The maximum absolute atomic E-state index is 9.94. The smallest absolute Gasteiger partial charge is 0.230 e. The van der Waals surface area contributed by atoms with E-state index in [0.29, 0.717) is 22.2 Å². The number of hydrogen-bond acceptors (Lipinski definition) is 5. The molecule has 116 valence electrons. The highest BCUT2D eigenvalue weighted by Gasteiger charge is 2.23. The summed E-state index contributed by atoms with van der Waals surface area (Å²) < 4.78 is 5.11. The van der Waals surface area contributed by atoms with Gasteiger partial charge in [-0.1, -0.05) is 17.7 Å². The number of methoxy groups -OCH3 is 1. The molecule has 2 heterocycles. The van der Waals surface area contributed by atoms with Gasteiger partial charge < -0.3 is 14.7 Å². The molecule has 1 aromatic heterocycles. The van der Waals surface area contributed by atoms with E-state index in [0.717, 1.165) is 24.0 Å². The van der Waals surface area contributed by atoms with Crippen molar-refractivity contribution in [1.29, 1.82) is 0 Å². The summed E-state index contributed by atoms with van der Waals surface area (Å²) in [6, 6.07) is 9.19. The van der Waals surface area contributed by atoms with Crippen molar-refractivity contribution < 1.29 is 9.84 Å². The number of aromatic hydroxyl groups is 1. The fourth-order valence-corrected chi connectivity index (χ4v) is 3.06. The number of phenols is 1. The summed E-state index contributed by atoms with van der Waals surface area (Å²) in [4.78, 5) is 11.1. The van der Waals surface area contributed by atoms with E-state index >= 15 is 0 Å². The first-order valence-electron chi connectivity index (χ1n) is 7.25. The zero-order valence-electron chi connectivity index (χ0n) is 12.5. The van der Waals surface area contributed by atoms with Crippen LogP contribution in [0.1, 0.15) is 5.56 Å². The predicted octanol–water partition coefficient (Wildman–Crippen LogP) is 3.69. The Labute approximate surface area is 138 Å². The van der Waals surface area contributed by atoms with Gasteiger partial charge in [0, 0.05) is 34.9 Å². The highest BCUT2D eigenvalue weighted by atomic mass is 35.5. The minimum Gasteiger partial charge on any atom is -0.504 e. The molecular formula is C17H14ClN3O2. The van der Waals surface area contributed by atoms with Crippen LogP contribution in [0.4, 0.5) is 11.6 Å². The molecular weight excluding hydrogens is 314 g/mol. The van der Waals surface area contributed by atoms with Crippen molar-refractivity contribution in [3.8, 4) is 11.5 Å². The molecule has 23 heavy (non-hydrogen) atoms. The number of ether oxygens (including phenoxy) is 1. The Balaban J connectivity index is 1.81. The summed E-state index contributed by atoms with van der Waals surface area (Å²) in [5.74, 6) is 1.07. The average Bonchev–Trinajstić information content (AvgIpc) is 2.96. The number of fused-ring (bicyclic) bond motifs is 2. The zero-order valence-corrected chi connectivity index (χ0v) is 13.2. The highest BCUT2D eigenvalue weighted by molar-refractivity contribution is 6.30. The lowest BCUT2D eigenvalue weighted by Gasteiger charge is -2.17. The molecule has 1 aliphatic heterocycles. The van der Waals surface area contributed by atoms with Crippen LogP contribution in [0.15, 0.2) is 36.5 Å². The molecule has 4 rings (SSSR count). The van der Waals surface area contributed by atoms with E-state index in [4.69, 9.17) is 16.3 Å². The van der Waals surface area contributed by atoms with Gasteiger partial charge in [-0.2, -0.15) is 0 Å². The number of halogens is 1. The second-order valence-corrected chi connectivity index (χ2v) is 5.86. The Morgan fingerprint density at radius 2 is 2.13 bits per heavy atom. The van der Waals surface area contributed by atoms with E-state index in [2.05, 4.69) is 9.97 Å². The van der Waals surface area contributed by atoms with Crippen LogP contribution in [0.25, 0.3) is 10.9 Å². The first-order chi connectivity index (χ1) is 11.2. The average molecular weight is 328 g/mol. The molecule has 1 aliphatic rings. The van der Waals surface area contributed by atoms with E-state index in [1.54, 1.807) is 18.3 Å². The van der Waals surface area contributed by atoms with Gasteiger partial charge in [0.05, 0.1) is 12.6 Å². The van der Waals surface area contributed by atoms with Crippen LogP contribution < -0.4 is 9.64 Å². The van der Waals surface area contributed by atoms with Crippen molar-refractivity contribution in [3.63, 3.8) is 0 Å². The molecule has 0 atom stereocenters. The van der Waals surface area contributed by atoms with Crippen LogP contribution in [0.2, 0.25) is 5.02 Å². The first kappa shape index (κ1) is 14.1. The Kier molecular flexibility index (Phi) is 3.23. The third kappa shape index (κ3) is 2.33. The van der Waals surface area contributed by atoms with Crippen molar-refractivity contribution in [1.82, 2.24) is 9.97 Å². The van der Waals surface area contributed by atoms with Crippen LogP contribution in [-0.2, 0) is 6.42 Å². The predicted molar refractivity (Wildman–Crippen MR) is 89.9 cm³/mol. The summed E-state index contributed by atoms with van der Waals surface area (Å²) >= 11 is 6.11. The second-order valence-electron chi connectivity index (χ2n) is 5.43. The molecule has 1 N–H and O–H groups in total. The van der Waals surface area contributed by atoms with E-state index in [1.807, 2.05) is 23.1 Å². The monoisotopic (exact) mass is 327 g/mol. The minimum atomic E-state index is 0.0644. The second kappa shape index (κ2) is 5.28. The number of aromatic nitrogens is 2. The molecule has 0 saturated carbocycles. The van der Waals surface area contributed by atoms with Crippen LogP contribution in [-0.4, -0.2) is 28.7 Å². The maximum atomic E-state index is 9.94. The number of anilines is 2. The molecule has 0 amide bonds. The Morgan fingerprint density at radius 3 is 2.96 bits per heavy atom. The minimum absolute atomic E-state index is 0.0644. The summed E-state index contributed by atoms with van der Waals surface area (Å²) in [6.45, 7) is 0.809. The number of benzene rings is 2. The van der Waals surface area contributed by atoms with Gasteiger partial charge in [-0.05, 0) is 30.2 Å². The molecule has 5 nitrogen and oxygen atoms in total. The Bertz CT molecular complexity index is 914. The molecule has 0 bridgehead atoms. The van der Waals surface area contributed by atoms with Gasteiger partial charge in [0.15, 0.2) is 11.5 Å². The Morgan fingerprint density at radius 1 is 1.26 bits per heavy atom. The summed E-state index contributed by atoms with van der Waals surface area (Å²) in [7, 11) is 1.51. The Hall–Kier alpha value is -2.53. The van der Waals surface area contributed by atoms with Crippen LogP contribution in [0, 0.1) is 0 Å². The van der Waals surface area contributed by atoms with Crippen molar-refractivity contribution in [2.24, 2.45) is 0 Å². The highest BCUT2D eigenvalue weighted by Crippen LogP contribution is 2.36. The molecule has 0 unspecified atom stereocenters. The molecule has 0 radical (unpaired) electrons. The third-order valence-corrected chi connectivity index (χ3v) is 4.29. The molecule has 0 fully saturated rings. The number of hydrogen-bond donors (Lipinski definition) is 1. The summed E-state index contributed by atoms with van der Waals surface area (Å²) in [6.07, 6.45) is 2.67. The molecule has 0 spiro atoms. The van der Waals surface area contributed by atoms with Crippen LogP contribution in [0.5, 0.6) is 11.5 Å². The van der Waals surface area contributed by atoms with Crippen molar-refractivity contribution >= 4 is 34.1 Å². The molecule has 3 aromatic rings. The van der Waals surface area contributed by atoms with Gasteiger partial charge in [0.25, 0.3) is 0 Å². The zero-order chi connectivity index (χ0) is 16.0. The fourth-order valence-electron chi connectivity index (χ4n) is 2.89. The number of nitrogens with zero attached hydrogens (tertiary/aromatic N) is 3. The van der Waals surface area contributed by atoms with E-state index in [1.165, 1.54) is 12.7 Å². The van der Waals surface area contributed by atoms with E-state index < -0.39 is 0 Å². The van der Waals surface area contributed by atoms with Gasteiger partial charge in [0.2, 0.25) is 5.95 Å². The first-order valence-corrected chi connectivity index (χ1v) is 7.63. The largest absolute Gasteiger partial charge is 0.504 e. The van der Waals surface area contributed by atoms with Crippen molar-refractivity contribution in [2.75, 3.05) is 18.6 Å². The number of phenolic OH excluding ortho intramolecular Hbond substituents is 1. The van der Waals surface area contributed by atoms with Gasteiger partial charge in [-0.25, -0.2) is 9.97 Å². The number of rotatable bonds is 2. The molecule has 6 heteroatoms. The van der Waals surface area contributed by atoms with Crippen LogP contribution in [0.3, 0.4) is 0 Å². The lowest BCUT2D eigenvalue weighted by atomic mass is 10.2. The third-order valence-electron chi connectivity index (χ3n) is 4.05. The summed E-state index contributed by atoms with van der Waals surface area (Å²) in [5, 5.41) is 11.4. The molecule has 0 saturated heterocycles. The molecule has 2 aromatic carbocycles. The lowest BCUT2D eigenvalue weighted by Crippen LogP contribution is -2.16. The van der Waals surface area contributed by atoms with E-state index in [-0.39, 0.29) is 5.75 Å². The molecule has 0 aliphatic carbocycles. The lowest BCUT2D eigenvalue weighted by molar-refractivity contribution is 0.374. The fraction of sp³-hybridized carbons (Fsp3) is 0.176. The van der Waals surface area contributed by atoms with Gasteiger partial charge in [-0.15, -0.1) is 0 Å². The van der Waals surface area contributed by atoms with Gasteiger partial charge in [-0.3, -0.25) is 0 Å². The topological polar surface area (TPSA) is 58.5 Å². The van der Waals surface area contributed by atoms with Crippen LogP contribution >= 0.6 is 11.6 Å². The normalized spacial score (nSPS) is 13.4. The van der Waals surface area contributed by atoms with Crippen molar-refractivity contribution in [3.05, 3.63) is 47.1 Å². The quantitative estimate of drug-likeness (QED) is 0.778. The SMILES string of the molecule is COc1cc2cnc(N3CCc4ccc(Cl)cc43)nc2cc1O. The summed E-state index contributed by atoms with van der Waals surface area (Å²) in [5.41, 5.74) is 2.94. The van der Waals surface area contributed by atoms with Crippen molar-refractivity contribution in [2.45, 2.75) is 6.42 Å².